The van der Waals surface area contributed by atoms with E-state index in [9.17, 15) is 13.2 Å². The molecule has 0 aliphatic carbocycles. The minimum absolute atomic E-state index is 0.212. The van der Waals surface area contributed by atoms with Crippen LogP contribution in [0, 0.1) is 0 Å². The van der Waals surface area contributed by atoms with Gasteiger partial charge in [-0.25, -0.2) is 14.6 Å². The number of alkyl halides is 3. The zero-order chi connectivity index (χ0) is 21.4. The second-order valence-electron chi connectivity index (χ2n) is 7.01. The van der Waals surface area contributed by atoms with E-state index >= 15 is 0 Å². The van der Waals surface area contributed by atoms with E-state index in [0.29, 0.717) is 11.2 Å². The van der Waals surface area contributed by atoms with Crippen LogP contribution in [0.15, 0.2) is 91.4 Å². The van der Waals surface area contributed by atoms with Crippen LogP contribution in [0.25, 0.3) is 39.0 Å². The van der Waals surface area contributed by atoms with Gasteiger partial charge < -0.3 is 0 Å². The molecule has 0 bridgehead atoms. The van der Waals surface area contributed by atoms with Gasteiger partial charge in [0.25, 0.3) is 0 Å². The van der Waals surface area contributed by atoms with Crippen molar-refractivity contribution in [3.05, 3.63) is 97.1 Å². The molecule has 3 aromatic heterocycles. The van der Waals surface area contributed by atoms with Gasteiger partial charge in [0.15, 0.2) is 5.82 Å². The van der Waals surface area contributed by atoms with Crippen molar-refractivity contribution in [1.82, 2.24) is 19.7 Å². The van der Waals surface area contributed by atoms with Gasteiger partial charge in [-0.05, 0) is 34.9 Å². The quantitative estimate of drug-likeness (QED) is 0.353. The molecule has 2 aromatic carbocycles. The summed E-state index contributed by atoms with van der Waals surface area (Å²) < 4.78 is 40.5. The van der Waals surface area contributed by atoms with E-state index < -0.39 is 11.9 Å². The monoisotopic (exact) mass is 416 g/mol. The molecule has 0 unspecified atom stereocenters. The van der Waals surface area contributed by atoms with E-state index in [1.54, 1.807) is 17.1 Å². The normalized spacial score (nSPS) is 11.7. The van der Waals surface area contributed by atoms with Gasteiger partial charge in [-0.2, -0.15) is 18.3 Å². The maximum Gasteiger partial charge on any atom is 0.433 e. The average molecular weight is 416 g/mol. The smallest absolute Gasteiger partial charge is 0.243 e. The van der Waals surface area contributed by atoms with Crippen LogP contribution >= 0.6 is 0 Å². The molecule has 7 heteroatoms. The summed E-state index contributed by atoms with van der Waals surface area (Å²) >= 11 is 0. The number of aromatic nitrogens is 4. The Morgan fingerprint density at radius 3 is 2.10 bits per heavy atom. The van der Waals surface area contributed by atoms with Gasteiger partial charge in [-0.1, -0.05) is 54.6 Å². The Hall–Kier alpha value is -4.00. The predicted molar refractivity (Wildman–Crippen MR) is 113 cm³/mol. The number of fused-ring (bicyclic) bond motifs is 1. The summed E-state index contributed by atoms with van der Waals surface area (Å²) in [5.41, 5.74) is 3.37. The maximum atomic E-state index is 13.0. The molecule has 0 fully saturated rings. The summed E-state index contributed by atoms with van der Waals surface area (Å²) in [6, 6.07) is 22.0. The second kappa shape index (κ2) is 7.36. The van der Waals surface area contributed by atoms with Crippen LogP contribution < -0.4 is 0 Å². The van der Waals surface area contributed by atoms with Gasteiger partial charge >= 0.3 is 6.18 Å². The van der Waals surface area contributed by atoms with Crippen molar-refractivity contribution in [3.63, 3.8) is 0 Å². The summed E-state index contributed by atoms with van der Waals surface area (Å²) in [6.07, 6.45) is 0.440. The second-order valence-corrected chi connectivity index (χ2v) is 7.01. The highest BCUT2D eigenvalue weighted by atomic mass is 19.4. The Bertz CT molecular complexity index is 1360. The van der Waals surface area contributed by atoms with E-state index in [2.05, 4.69) is 27.2 Å². The van der Waals surface area contributed by atoms with Crippen LogP contribution in [0.1, 0.15) is 5.69 Å². The van der Waals surface area contributed by atoms with Crippen LogP contribution in [0.3, 0.4) is 0 Å². The van der Waals surface area contributed by atoms with Gasteiger partial charge in [-0.15, -0.1) is 0 Å². The SMILES string of the molecule is FC(F)(F)c1ccc2c(-n3cc(-c4ccc(-c5ccccc5)cc4)cn3)nccc2n1. The molecular weight excluding hydrogens is 401 g/mol. The largest absolute Gasteiger partial charge is 0.433 e. The summed E-state index contributed by atoms with van der Waals surface area (Å²) in [5.74, 6) is 0.422. The third-order valence-electron chi connectivity index (χ3n) is 5.01. The number of rotatable bonds is 3. The van der Waals surface area contributed by atoms with Crippen molar-refractivity contribution in [3.8, 4) is 28.1 Å². The van der Waals surface area contributed by atoms with E-state index in [0.717, 1.165) is 28.3 Å². The van der Waals surface area contributed by atoms with Crippen LogP contribution in [0.5, 0.6) is 0 Å². The molecule has 3 heterocycles. The van der Waals surface area contributed by atoms with Crippen LogP contribution in [0.4, 0.5) is 13.2 Å². The van der Waals surface area contributed by atoms with E-state index in [-0.39, 0.29) is 5.52 Å². The molecule has 5 rings (SSSR count). The molecule has 0 radical (unpaired) electrons. The summed E-state index contributed by atoms with van der Waals surface area (Å²) in [6.45, 7) is 0. The molecule has 0 amide bonds. The highest BCUT2D eigenvalue weighted by Gasteiger charge is 2.32. The number of halogens is 3. The van der Waals surface area contributed by atoms with Crippen molar-refractivity contribution in [2.24, 2.45) is 0 Å². The summed E-state index contributed by atoms with van der Waals surface area (Å²) in [5, 5.41) is 4.86. The molecule has 0 saturated heterocycles. The zero-order valence-electron chi connectivity index (χ0n) is 16.1. The van der Waals surface area contributed by atoms with Crippen LogP contribution in [-0.4, -0.2) is 19.7 Å². The number of pyridine rings is 2. The first-order chi connectivity index (χ1) is 15.0. The third-order valence-corrected chi connectivity index (χ3v) is 5.01. The average Bonchev–Trinajstić information content (AvgIpc) is 3.28. The fourth-order valence-electron chi connectivity index (χ4n) is 3.45. The Balaban J connectivity index is 1.49. The first kappa shape index (κ1) is 19.0. The molecule has 5 aromatic rings. The molecule has 152 valence electrons. The fraction of sp³-hybridized carbons (Fsp3) is 0.0417. The van der Waals surface area contributed by atoms with Crippen molar-refractivity contribution in [1.29, 1.82) is 0 Å². The Morgan fingerprint density at radius 1 is 0.710 bits per heavy atom. The predicted octanol–water partition coefficient (Wildman–Crippen LogP) is 6.17. The highest BCUT2D eigenvalue weighted by Crippen LogP contribution is 2.30. The van der Waals surface area contributed by atoms with E-state index in [4.69, 9.17) is 0 Å². The van der Waals surface area contributed by atoms with Gasteiger partial charge in [0, 0.05) is 23.3 Å². The number of hydrogen-bond donors (Lipinski definition) is 0. The molecule has 31 heavy (non-hydrogen) atoms. The van der Waals surface area contributed by atoms with Gasteiger partial charge in [0.1, 0.15) is 5.69 Å². The van der Waals surface area contributed by atoms with Crippen LogP contribution in [0.2, 0.25) is 0 Å². The van der Waals surface area contributed by atoms with Gasteiger partial charge in [-0.3, -0.25) is 0 Å². The lowest BCUT2D eigenvalue weighted by Gasteiger charge is -2.09. The minimum atomic E-state index is -4.50. The van der Waals surface area contributed by atoms with Gasteiger partial charge in [0.05, 0.1) is 11.7 Å². The van der Waals surface area contributed by atoms with Crippen molar-refractivity contribution in [2.75, 3.05) is 0 Å². The molecular formula is C24H15F3N4. The van der Waals surface area contributed by atoms with Crippen molar-refractivity contribution in [2.45, 2.75) is 6.18 Å². The standard InChI is InChI=1S/C24H15F3N4/c25-24(26,27)22-11-10-20-21(30-22)12-13-28-23(20)31-15-19(14-29-31)18-8-6-17(7-9-18)16-4-2-1-3-5-16/h1-15H. The van der Waals surface area contributed by atoms with Crippen molar-refractivity contribution >= 4 is 10.9 Å². The summed E-state index contributed by atoms with van der Waals surface area (Å²) in [7, 11) is 0. The van der Waals surface area contributed by atoms with E-state index in [1.807, 2.05) is 42.5 Å². The summed E-state index contributed by atoms with van der Waals surface area (Å²) in [4.78, 5) is 8.04. The number of hydrogen-bond acceptors (Lipinski definition) is 3. The molecule has 0 atom stereocenters. The maximum absolute atomic E-state index is 13.0. The molecule has 4 nitrogen and oxygen atoms in total. The molecule has 0 aliphatic rings. The lowest BCUT2D eigenvalue weighted by atomic mass is 10.0. The minimum Gasteiger partial charge on any atom is -0.243 e. The fourth-order valence-corrected chi connectivity index (χ4v) is 3.45. The lowest BCUT2D eigenvalue weighted by molar-refractivity contribution is -0.140. The van der Waals surface area contributed by atoms with Gasteiger partial charge in [0.2, 0.25) is 0 Å². The first-order valence-electron chi connectivity index (χ1n) is 9.53. The van der Waals surface area contributed by atoms with E-state index in [1.165, 1.54) is 18.3 Å². The third kappa shape index (κ3) is 3.66. The number of benzene rings is 2. The Morgan fingerprint density at radius 2 is 1.39 bits per heavy atom. The molecule has 0 aliphatic heterocycles. The number of nitrogens with zero attached hydrogens (tertiary/aromatic N) is 4. The van der Waals surface area contributed by atoms with Crippen LogP contribution in [-0.2, 0) is 6.18 Å². The topological polar surface area (TPSA) is 43.6 Å². The zero-order valence-corrected chi connectivity index (χ0v) is 16.1. The Kier molecular flexibility index (Phi) is 4.51. The van der Waals surface area contributed by atoms with Crippen molar-refractivity contribution < 1.29 is 13.2 Å². The Labute approximate surface area is 175 Å². The lowest BCUT2D eigenvalue weighted by Crippen LogP contribution is -2.08. The first-order valence-corrected chi connectivity index (χ1v) is 9.53. The molecule has 0 saturated carbocycles. The highest BCUT2D eigenvalue weighted by molar-refractivity contribution is 5.85. The molecule has 0 spiro atoms. The molecule has 0 N–H and O–H groups in total.